The summed E-state index contributed by atoms with van der Waals surface area (Å²) in [6.45, 7) is 17.6. The third-order valence-electron chi connectivity index (χ3n) is 3.02. The van der Waals surface area contributed by atoms with Crippen molar-refractivity contribution in [2.24, 2.45) is 5.41 Å². The van der Waals surface area contributed by atoms with Crippen LogP contribution in [0.3, 0.4) is 0 Å². The van der Waals surface area contributed by atoms with Crippen molar-refractivity contribution >= 4 is 0 Å². The normalized spacial score (nSPS) is 24.9. The molecular formula is C13H26N2. The van der Waals surface area contributed by atoms with Gasteiger partial charge in [-0.2, -0.15) is 0 Å². The summed E-state index contributed by atoms with van der Waals surface area (Å²) < 4.78 is 0. The first-order valence-electron chi connectivity index (χ1n) is 5.99. The molecule has 1 aliphatic rings. The zero-order valence-electron chi connectivity index (χ0n) is 10.8. The molecule has 0 aromatic heterocycles. The summed E-state index contributed by atoms with van der Waals surface area (Å²) in [6.07, 6.45) is 1.25. The molecule has 2 heteroatoms. The average molecular weight is 210 g/mol. The zero-order valence-corrected chi connectivity index (χ0v) is 10.8. The smallest absolute Gasteiger partial charge is 0.0243 e. The van der Waals surface area contributed by atoms with Crippen LogP contribution in [0, 0.1) is 5.41 Å². The number of nitrogens with zero attached hydrogens (tertiary/aromatic N) is 1. The molecule has 88 valence electrons. The molecule has 2 nitrogen and oxygen atoms in total. The van der Waals surface area contributed by atoms with E-state index >= 15 is 0 Å². The predicted molar refractivity (Wildman–Crippen MR) is 67.1 cm³/mol. The highest BCUT2D eigenvalue weighted by atomic mass is 15.2. The van der Waals surface area contributed by atoms with E-state index in [1.807, 2.05) is 0 Å². The third kappa shape index (κ3) is 4.35. The van der Waals surface area contributed by atoms with Crippen LogP contribution in [-0.2, 0) is 0 Å². The summed E-state index contributed by atoms with van der Waals surface area (Å²) in [7, 11) is 0. The van der Waals surface area contributed by atoms with E-state index in [2.05, 4.69) is 44.5 Å². The highest BCUT2D eigenvalue weighted by Gasteiger charge is 2.27. The third-order valence-corrected chi connectivity index (χ3v) is 3.02. The van der Waals surface area contributed by atoms with Crippen molar-refractivity contribution in [2.75, 3.05) is 26.2 Å². The van der Waals surface area contributed by atoms with Gasteiger partial charge in [-0.15, -0.1) is 0 Å². The van der Waals surface area contributed by atoms with Crippen molar-refractivity contribution in [1.82, 2.24) is 10.2 Å². The fourth-order valence-electron chi connectivity index (χ4n) is 2.10. The monoisotopic (exact) mass is 210 g/mol. The Bertz CT molecular complexity index is 215. The molecule has 1 unspecified atom stereocenters. The average Bonchev–Trinajstić information content (AvgIpc) is 2.27. The Morgan fingerprint density at radius 1 is 1.47 bits per heavy atom. The topological polar surface area (TPSA) is 15.3 Å². The van der Waals surface area contributed by atoms with Gasteiger partial charge in [0, 0.05) is 19.1 Å². The molecule has 0 spiro atoms. The van der Waals surface area contributed by atoms with E-state index in [1.54, 1.807) is 0 Å². The number of hydrogen-bond donors (Lipinski definition) is 1. The van der Waals surface area contributed by atoms with Crippen LogP contribution < -0.4 is 5.32 Å². The van der Waals surface area contributed by atoms with Gasteiger partial charge in [-0.3, -0.25) is 4.90 Å². The van der Waals surface area contributed by atoms with Crippen LogP contribution in [0.15, 0.2) is 12.2 Å². The van der Waals surface area contributed by atoms with Crippen molar-refractivity contribution in [3.05, 3.63) is 12.2 Å². The summed E-state index contributed by atoms with van der Waals surface area (Å²) in [5.74, 6) is 0. The summed E-state index contributed by atoms with van der Waals surface area (Å²) in [4.78, 5) is 2.53. The molecule has 1 rings (SSSR count). The molecule has 1 atom stereocenters. The predicted octanol–water partition coefficient (Wildman–Crippen LogP) is 2.27. The molecule has 0 bridgehead atoms. The SMILES string of the molecule is C=C(C)CN1CCCNC(C(C)(C)C)C1. The maximum atomic E-state index is 4.00. The van der Waals surface area contributed by atoms with Crippen molar-refractivity contribution in [3.63, 3.8) is 0 Å². The van der Waals surface area contributed by atoms with E-state index in [4.69, 9.17) is 0 Å². The van der Waals surface area contributed by atoms with Gasteiger partial charge in [0.2, 0.25) is 0 Å². The lowest BCUT2D eigenvalue weighted by Gasteiger charge is -2.33. The minimum absolute atomic E-state index is 0.345. The van der Waals surface area contributed by atoms with E-state index in [1.165, 1.54) is 18.5 Å². The second kappa shape index (κ2) is 5.13. The molecule has 0 saturated carbocycles. The first-order valence-corrected chi connectivity index (χ1v) is 5.99. The van der Waals surface area contributed by atoms with Gasteiger partial charge < -0.3 is 5.32 Å². The van der Waals surface area contributed by atoms with Crippen molar-refractivity contribution < 1.29 is 0 Å². The molecule has 1 fully saturated rings. The van der Waals surface area contributed by atoms with Crippen LogP contribution in [0.1, 0.15) is 34.1 Å². The second-order valence-corrected chi connectivity index (χ2v) is 5.92. The Hall–Kier alpha value is -0.340. The summed E-state index contributed by atoms with van der Waals surface area (Å²) in [5, 5.41) is 3.65. The molecule has 0 amide bonds. The summed E-state index contributed by atoms with van der Waals surface area (Å²) in [6, 6.07) is 0.597. The molecule has 1 aliphatic heterocycles. The molecule has 0 aromatic rings. The lowest BCUT2D eigenvalue weighted by atomic mass is 9.86. The molecule has 1 N–H and O–H groups in total. The first-order chi connectivity index (χ1) is 6.89. The first kappa shape index (κ1) is 12.7. The van der Waals surface area contributed by atoms with E-state index in [-0.39, 0.29) is 0 Å². The standard InChI is InChI=1S/C13H26N2/c1-11(2)9-15-8-6-7-14-12(10-15)13(3,4)5/h12,14H,1,6-10H2,2-5H3. The molecule has 1 saturated heterocycles. The van der Waals surface area contributed by atoms with Gasteiger partial charge in [0.05, 0.1) is 0 Å². The highest BCUT2D eigenvalue weighted by Crippen LogP contribution is 2.21. The molecular weight excluding hydrogens is 184 g/mol. The fourth-order valence-corrected chi connectivity index (χ4v) is 2.10. The van der Waals surface area contributed by atoms with Crippen LogP contribution in [0.5, 0.6) is 0 Å². The van der Waals surface area contributed by atoms with Crippen LogP contribution in [-0.4, -0.2) is 37.1 Å². The van der Waals surface area contributed by atoms with E-state index in [9.17, 15) is 0 Å². The Labute approximate surface area is 94.7 Å². The van der Waals surface area contributed by atoms with Crippen molar-refractivity contribution in [3.8, 4) is 0 Å². The molecule has 0 aromatic carbocycles. The largest absolute Gasteiger partial charge is 0.312 e. The second-order valence-electron chi connectivity index (χ2n) is 5.92. The Kier molecular flexibility index (Phi) is 4.35. The Morgan fingerprint density at radius 3 is 2.67 bits per heavy atom. The van der Waals surface area contributed by atoms with Gasteiger partial charge in [-0.25, -0.2) is 0 Å². The zero-order chi connectivity index (χ0) is 11.5. The van der Waals surface area contributed by atoms with E-state index in [0.717, 1.165) is 19.6 Å². The maximum absolute atomic E-state index is 4.00. The van der Waals surface area contributed by atoms with Crippen molar-refractivity contribution in [1.29, 1.82) is 0 Å². The maximum Gasteiger partial charge on any atom is 0.0243 e. The van der Waals surface area contributed by atoms with Crippen LogP contribution in [0.4, 0.5) is 0 Å². The van der Waals surface area contributed by atoms with E-state index < -0.39 is 0 Å². The van der Waals surface area contributed by atoms with Gasteiger partial charge in [-0.1, -0.05) is 32.9 Å². The minimum atomic E-state index is 0.345. The van der Waals surface area contributed by atoms with Gasteiger partial charge in [0.15, 0.2) is 0 Å². The van der Waals surface area contributed by atoms with Crippen LogP contribution in [0.2, 0.25) is 0 Å². The molecule has 1 heterocycles. The summed E-state index contributed by atoms with van der Waals surface area (Å²) in [5.41, 5.74) is 1.61. The van der Waals surface area contributed by atoms with Crippen molar-refractivity contribution in [2.45, 2.75) is 40.2 Å². The van der Waals surface area contributed by atoms with Gasteiger partial charge in [-0.05, 0) is 31.8 Å². The quantitative estimate of drug-likeness (QED) is 0.703. The summed E-state index contributed by atoms with van der Waals surface area (Å²) >= 11 is 0. The Balaban J connectivity index is 2.57. The van der Waals surface area contributed by atoms with Crippen LogP contribution in [0.25, 0.3) is 0 Å². The lowest BCUT2D eigenvalue weighted by molar-refractivity contribution is 0.206. The number of rotatable bonds is 2. The molecule has 0 radical (unpaired) electrons. The number of nitrogens with one attached hydrogen (secondary N) is 1. The molecule has 15 heavy (non-hydrogen) atoms. The van der Waals surface area contributed by atoms with Crippen LogP contribution >= 0.6 is 0 Å². The van der Waals surface area contributed by atoms with Gasteiger partial charge in [0.1, 0.15) is 0 Å². The van der Waals surface area contributed by atoms with Gasteiger partial charge >= 0.3 is 0 Å². The molecule has 0 aliphatic carbocycles. The fraction of sp³-hybridized carbons (Fsp3) is 0.846. The lowest BCUT2D eigenvalue weighted by Crippen LogP contribution is -2.46. The van der Waals surface area contributed by atoms with E-state index in [0.29, 0.717) is 11.5 Å². The highest BCUT2D eigenvalue weighted by molar-refractivity contribution is 4.94. The Morgan fingerprint density at radius 2 is 2.13 bits per heavy atom. The number of hydrogen-bond acceptors (Lipinski definition) is 2. The van der Waals surface area contributed by atoms with Gasteiger partial charge in [0.25, 0.3) is 0 Å². The minimum Gasteiger partial charge on any atom is -0.312 e.